The van der Waals surface area contributed by atoms with Crippen LogP contribution in [-0.4, -0.2) is 17.5 Å². The number of nitrogens with one attached hydrogen (secondary N) is 1. The molecular weight excluding hydrogens is 346 g/mol. The lowest BCUT2D eigenvalue weighted by atomic mass is 9.84. The Balaban J connectivity index is 2.15. The predicted molar refractivity (Wildman–Crippen MR) is 85.5 cm³/mol. The highest BCUT2D eigenvalue weighted by Crippen LogP contribution is 2.36. The number of anilines is 1. The summed E-state index contributed by atoms with van der Waals surface area (Å²) in [4.78, 5) is 4.45. The van der Waals surface area contributed by atoms with Gasteiger partial charge in [0.1, 0.15) is 5.69 Å². The molecule has 2 nitrogen and oxygen atoms in total. The van der Waals surface area contributed by atoms with Crippen LogP contribution in [0.1, 0.15) is 26.7 Å². The summed E-state index contributed by atoms with van der Waals surface area (Å²) in [5, 5.41) is 3.36. The van der Waals surface area contributed by atoms with Crippen LogP contribution in [0.5, 0.6) is 0 Å². The summed E-state index contributed by atoms with van der Waals surface area (Å²) in [5.41, 5.74) is 0.0760. The summed E-state index contributed by atoms with van der Waals surface area (Å²) in [5.74, 6) is -0.322. The fourth-order valence-corrected chi connectivity index (χ4v) is 3.75. The highest BCUT2D eigenvalue weighted by Gasteiger charge is 2.30. The Morgan fingerprint density at radius 1 is 1.30 bits per heavy atom. The molecule has 1 aromatic rings. The van der Waals surface area contributed by atoms with Gasteiger partial charge in [-0.1, -0.05) is 41.5 Å². The first kappa shape index (κ1) is 15.8. The van der Waals surface area contributed by atoms with Crippen LogP contribution in [0.2, 0.25) is 0 Å². The van der Waals surface area contributed by atoms with Crippen LogP contribution < -0.4 is 5.32 Å². The van der Waals surface area contributed by atoms with Crippen molar-refractivity contribution in [3.05, 3.63) is 28.2 Å². The molecule has 20 heavy (non-hydrogen) atoms. The van der Waals surface area contributed by atoms with E-state index in [2.05, 4.69) is 40.1 Å². The highest BCUT2D eigenvalue weighted by molar-refractivity contribution is 9.10. The zero-order chi connectivity index (χ0) is 14.8. The van der Waals surface area contributed by atoms with Crippen LogP contribution in [0.3, 0.4) is 0 Å². The molecule has 0 fully saturated rings. The third-order valence-corrected chi connectivity index (χ3v) is 5.53. The van der Waals surface area contributed by atoms with Crippen LogP contribution in [0, 0.1) is 17.0 Å². The molecule has 1 aromatic carbocycles. The smallest absolute Gasteiger partial charge is 0.161 e. The second-order valence-corrected chi connectivity index (χ2v) is 6.87. The molecule has 0 radical (unpaired) electrons. The average molecular weight is 363 g/mol. The van der Waals surface area contributed by atoms with Crippen LogP contribution in [0.25, 0.3) is 0 Å². The zero-order valence-electron chi connectivity index (χ0n) is 11.5. The number of thioether (sulfide) groups is 1. The van der Waals surface area contributed by atoms with Crippen LogP contribution in [0.4, 0.5) is 14.5 Å². The third-order valence-electron chi connectivity index (χ3n) is 3.81. The SMILES string of the molecule is CCC1(CC)CN=C(Nc2c(F)cc(Br)cc2F)SC1. The molecule has 6 heteroatoms. The second-order valence-electron chi connectivity index (χ2n) is 4.99. The molecule has 110 valence electrons. The minimum atomic E-state index is -0.622. The number of aliphatic imine (C=N–C) groups is 1. The van der Waals surface area contributed by atoms with E-state index in [1.807, 2.05) is 0 Å². The molecule has 0 aliphatic carbocycles. The maximum atomic E-state index is 13.8. The number of amidine groups is 1. The summed E-state index contributed by atoms with van der Waals surface area (Å²) >= 11 is 4.59. The molecular formula is C14H17BrF2N2S. The summed E-state index contributed by atoms with van der Waals surface area (Å²) in [6.45, 7) is 5.02. The largest absolute Gasteiger partial charge is 0.330 e. The van der Waals surface area contributed by atoms with Crippen LogP contribution >= 0.6 is 27.7 Å². The Morgan fingerprint density at radius 3 is 2.35 bits per heavy atom. The van der Waals surface area contributed by atoms with E-state index in [0.29, 0.717) is 16.2 Å². The van der Waals surface area contributed by atoms with Gasteiger partial charge in [-0.25, -0.2) is 8.78 Å². The van der Waals surface area contributed by atoms with E-state index in [1.54, 1.807) is 0 Å². The van der Waals surface area contributed by atoms with Crippen molar-refractivity contribution in [2.75, 3.05) is 17.6 Å². The van der Waals surface area contributed by atoms with Crippen molar-refractivity contribution in [3.8, 4) is 0 Å². The van der Waals surface area contributed by atoms with Gasteiger partial charge in [-0.05, 0) is 30.4 Å². The Kier molecular flexibility index (Phi) is 5.07. The van der Waals surface area contributed by atoms with Gasteiger partial charge in [-0.2, -0.15) is 0 Å². The lowest BCUT2D eigenvalue weighted by Gasteiger charge is -2.33. The lowest BCUT2D eigenvalue weighted by molar-refractivity contribution is 0.318. The second kappa shape index (κ2) is 6.43. The molecule has 0 bridgehead atoms. The summed E-state index contributed by atoms with van der Waals surface area (Å²) < 4.78 is 27.9. The van der Waals surface area contributed by atoms with Gasteiger partial charge < -0.3 is 5.32 Å². The van der Waals surface area contributed by atoms with E-state index < -0.39 is 11.6 Å². The first-order chi connectivity index (χ1) is 9.49. The van der Waals surface area contributed by atoms with E-state index in [4.69, 9.17) is 0 Å². The molecule has 0 aromatic heterocycles. The number of hydrogen-bond donors (Lipinski definition) is 1. The highest BCUT2D eigenvalue weighted by atomic mass is 79.9. The number of rotatable bonds is 3. The van der Waals surface area contributed by atoms with Gasteiger partial charge in [-0.15, -0.1) is 0 Å². The van der Waals surface area contributed by atoms with Crippen molar-refractivity contribution in [1.82, 2.24) is 0 Å². The molecule has 0 saturated heterocycles. The van der Waals surface area contributed by atoms with Crippen molar-refractivity contribution >= 4 is 38.5 Å². The van der Waals surface area contributed by atoms with Crippen molar-refractivity contribution in [1.29, 1.82) is 0 Å². The Bertz CT molecular complexity index is 507. The minimum Gasteiger partial charge on any atom is -0.330 e. The van der Waals surface area contributed by atoms with E-state index in [-0.39, 0.29) is 11.1 Å². The van der Waals surface area contributed by atoms with Gasteiger partial charge in [-0.3, -0.25) is 4.99 Å². The number of halogens is 3. The molecule has 0 spiro atoms. The lowest BCUT2D eigenvalue weighted by Crippen LogP contribution is -2.32. The minimum absolute atomic E-state index is 0.139. The Morgan fingerprint density at radius 2 is 1.90 bits per heavy atom. The summed E-state index contributed by atoms with van der Waals surface area (Å²) in [7, 11) is 0. The van der Waals surface area contributed by atoms with Gasteiger partial charge in [0.2, 0.25) is 0 Å². The van der Waals surface area contributed by atoms with Gasteiger partial charge in [0.25, 0.3) is 0 Å². The zero-order valence-corrected chi connectivity index (χ0v) is 13.9. The van der Waals surface area contributed by atoms with Crippen molar-refractivity contribution < 1.29 is 8.78 Å². The molecule has 0 unspecified atom stereocenters. The van der Waals surface area contributed by atoms with Gasteiger partial charge in [0.05, 0.1) is 0 Å². The molecule has 2 rings (SSSR count). The average Bonchev–Trinajstić information content (AvgIpc) is 2.43. The fraction of sp³-hybridized carbons (Fsp3) is 0.500. The molecule has 1 heterocycles. The van der Waals surface area contributed by atoms with Crippen molar-refractivity contribution in [3.63, 3.8) is 0 Å². The fourth-order valence-electron chi connectivity index (χ4n) is 2.07. The maximum Gasteiger partial charge on any atom is 0.161 e. The first-order valence-corrected chi connectivity index (χ1v) is 8.36. The van der Waals surface area contributed by atoms with Crippen molar-refractivity contribution in [2.45, 2.75) is 26.7 Å². The molecule has 1 N–H and O–H groups in total. The van der Waals surface area contributed by atoms with Crippen molar-refractivity contribution in [2.24, 2.45) is 10.4 Å². The quantitative estimate of drug-likeness (QED) is 0.813. The van der Waals surface area contributed by atoms with Crippen LogP contribution in [0.15, 0.2) is 21.6 Å². The van der Waals surface area contributed by atoms with Gasteiger partial charge in [0, 0.05) is 16.8 Å². The number of benzene rings is 1. The number of nitrogens with zero attached hydrogens (tertiary/aromatic N) is 1. The third kappa shape index (κ3) is 3.34. The monoisotopic (exact) mass is 362 g/mol. The van der Waals surface area contributed by atoms with E-state index in [1.165, 1.54) is 23.9 Å². The summed E-state index contributed by atoms with van der Waals surface area (Å²) in [6.07, 6.45) is 2.13. The topological polar surface area (TPSA) is 24.4 Å². The Hall–Kier alpha value is -0.620. The molecule has 0 atom stereocenters. The predicted octanol–water partition coefficient (Wildman–Crippen LogP) is 5.05. The van der Waals surface area contributed by atoms with E-state index in [0.717, 1.165) is 18.6 Å². The maximum absolute atomic E-state index is 13.8. The van der Waals surface area contributed by atoms with E-state index in [9.17, 15) is 8.78 Å². The summed E-state index contributed by atoms with van der Waals surface area (Å²) in [6, 6.07) is 2.48. The normalized spacial score (nSPS) is 17.8. The number of hydrogen-bond acceptors (Lipinski definition) is 3. The molecule has 1 aliphatic rings. The Labute approximate surface area is 130 Å². The molecule has 0 amide bonds. The molecule has 0 saturated carbocycles. The standard InChI is InChI=1S/C14H17BrF2N2S/c1-3-14(4-2)7-18-13(20-8-14)19-12-10(16)5-9(15)6-11(12)17/h5-6H,3-4,7-8H2,1-2H3,(H,18,19). The van der Waals surface area contributed by atoms with Crippen LogP contribution in [-0.2, 0) is 0 Å². The first-order valence-electron chi connectivity index (χ1n) is 6.58. The van der Waals surface area contributed by atoms with Gasteiger partial charge in [0.15, 0.2) is 16.8 Å². The molecule has 1 aliphatic heterocycles. The van der Waals surface area contributed by atoms with Gasteiger partial charge >= 0.3 is 0 Å². The van der Waals surface area contributed by atoms with E-state index >= 15 is 0 Å².